The molecule has 21 heavy (non-hydrogen) atoms. The van der Waals surface area contributed by atoms with Crippen LogP contribution in [0.2, 0.25) is 0 Å². The smallest absolute Gasteiger partial charge is 0.231 e. The van der Waals surface area contributed by atoms with Crippen molar-refractivity contribution in [1.82, 2.24) is 4.90 Å². The van der Waals surface area contributed by atoms with Crippen LogP contribution in [-0.4, -0.2) is 36.1 Å². The zero-order chi connectivity index (χ0) is 14.5. The number of aliphatic hydroxyl groups is 1. The Morgan fingerprint density at radius 1 is 1.05 bits per heavy atom. The van der Waals surface area contributed by atoms with Crippen LogP contribution in [0.15, 0.2) is 36.4 Å². The Balaban J connectivity index is 1.55. The molecule has 112 valence electrons. The van der Waals surface area contributed by atoms with Crippen molar-refractivity contribution in [3.63, 3.8) is 0 Å². The predicted molar refractivity (Wildman–Crippen MR) is 82.2 cm³/mol. The fourth-order valence-electron chi connectivity index (χ4n) is 2.65. The Kier molecular flexibility index (Phi) is 4.58. The van der Waals surface area contributed by atoms with Gasteiger partial charge >= 0.3 is 0 Å². The maximum atomic E-state index is 10.1. The number of nitrogens with zero attached hydrogens (tertiary/aromatic N) is 1. The summed E-state index contributed by atoms with van der Waals surface area (Å²) >= 11 is 0. The molecule has 0 bridgehead atoms. The molecule has 1 atom stereocenters. The lowest BCUT2D eigenvalue weighted by atomic mass is 10.1. The van der Waals surface area contributed by atoms with Crippen LogP contribution >= 0.6 is 0 Å². The van der Waals surface area contributed by atoms with Gasteiger partial charge in [0.05, 0.1) is 0 Å². The molecule has 2 aliphatic heterocycles. The molecule has 2 heterocycles. The van der Waals surface area contributed by atoms with E-state index in [9.17, 15) is 5.11 Å². The maximum Gasteiger partial charge on any atom is 0.231 e. The Labute approximate surface area is 125 Å². The van der Waals surface area contributed by atoms with Gasteiger partial charge < -0.3 is 14.6 Å². The summed E-state index contributed by atoms with van der Waals surface area (Å²) in [4.78, 5) is 2.11. The van der Waals surface area contributed by atoms with Crippen molar-refractivity contribution in [2.24, 2.45) is 0 Å². The van der Waals surface area contributed by atoms with Crippen LogP contribution in [0.4, 0.5) is 0 Å². The summed E-state index contributed by atoms with van der Waals surface area (Å²) in [6, 6.07) is 5.85. The topological polar surface area (TPSA) is 41.9 Å². The van der Waals surface area contributed by atoms with Crippen molar-refractivity contribution >= 4 is 6.08 Å². The van der Waals surface area contributed by atoms with Crippen LogP contribution in [-0.2, 0) is 0 Å². The predicted octanol–water partition coefficient (Wildman–Crippen LogP) is 2.79. The molecule has 4 heteroatoms. The molecule has 1 aromatic carbocycles. The molecule has 4 nitrogen and oxygen atoms in total. The van der Waals surface area contributed by atoms with Crippen molar-refractivity contribution in [2.45, 2.75) is 25.5 Å². The normalized spacial score (nSPS) is 20.4. The minimum atomic E-state index is -0.480. The minimum absolute atomic E-state index is 0.296. The molecule has 0 radical (unpaired) electrons. The molecule has 3 rings (SSSR count). The van der Waals surface area contributed by atoms with Gasteiger partial charge in [0.1, 0.15) is 6.23 Å². The second-order valence-electron chi connectivity index (χ2n) is 5.37. The minimum Gasteiger partial charge on any atom is -0.454 e. The molecule has 1 saturated heterocycles. The molecule has 1 aromatic rings. The first-order valence-corrected chi connectivity index (χ1v) is 7.49. The van der Waals surface area contributed by atoms with Gasteiger partial charge in [0.15, 0.2) is 11.5 Å². The Hall–Kier alpha value is -1.78. The number of likely N-dealkylation sites (tertiary alicyclic amines) is 1. The Morgan fingerprint density at radius 3 is 2.71 bits per heavy atom. The van der Waals surface area contributed by atoms with Gasteiger partial charge in [-0.25, -0.2) is 0 Å². The van der Waals surface area contributed by atoms with E-state index in [0.29, 0.717) is 6.79 Å². The highest BCUT2D eigenvalue weighted by Gasteiger charge is 2.15. The van der Waals surface area contributed by atoms with E-state index in [4.69, 9.17) is 9.47 Å². The van der Waals surface area contributed by atoms with E-state index < -0.39 is 6.23 Å². The second-order valence-corrected chi connectivity index (χ2v) is 5.37. The van der Waals surface area contributed by atoms with E-state index in [2.05, 4.69) is 4.90 Å². The fourth-order valence-corrected chi connectivity index (χ4v) is 2.65. The van der Waals surface area contributed by atoms with Gasteiger partial charge in [-0.3, -0.25) is 4.90 Å². The molecular weight excluding hydrogens is 266 g/mol. The van der Waals surface area contributed by atoms with Crippen LogP contribution in [0.5, 0.6) is 11.5 Å². The quantitative estimate of drug-likeness (QED) is 0.865. The van der Waals surface area contributed by atoms with E-state index >= 15 is 0 Å². The third kappa shape index (κ3) is 3.65. The van der Waals surface area contributed by atoms with Gasteiger partial charge in [-0.2, -0.15) is 0 Å². The molecular formula is C17H21NO3. The van der Waals surface area contributed by atoms with Gasteiger partial charge in [0.25, 0.3) is 0 Å². The number of rotatable bonds is 4. The van der Waals surface area contributed by atoms with Crippen LogP contribution in [0.3, 0.4) is 0 Å². The average molecular weight is 287 g/mol. The number of ether oxygens (including phenoxy) is 2. The number of allylic oxidation sites excluding steroid dienone is 2. The lowest BCUT2D eigenvalue weighted by Gasteiger charge is -2.29. The highest BCUT2D eigenvalue weighted by Crippen LogP contribution is 2.32. The Bertz CT molecular complexity index is 533. The molecule has 0 aromatic heterocycles. The van der Waals surface area contributed by atoms with E-state index in [1.807, 2.05) is 42.5 Å². The van der Waals surface area contributed by atoms with Crippen molar-refractivity contribution in [1.29, 1.82) is 0 Å². The first-order valence-electron chi connectivity index (χ1n) is 7.49. The number of fused-ring (bicyclic) bond motifs is 1. The first-order chi connectivity index (χ1) is 10.3. The zero-order valence-corrected chi connectivity index (χ0v) is 12.1. The van der Waals surface area contributed by atoms with E-state index in [1.54, 1.807) is 0 Å². The Morgan fingerprint density at radius 2 is 1.86 bits per heavy atom. The molecule has 1 fully saturated rings. The van der Waals surface area contributed by atoms with Gasteiger partial charge in [-0.15, -0.1) is 0 Å². The molecule has 0 spiro atoms. The fraction of sp³-hybridized carbons (Fsp3) is 0.412. The van der Waals surface area contributed by atoms with E-state index in [1.165, 1.54) is 19.3 Å². The summed E-state index contributed by atoms with van der Waals surface area (Å²) in [6.07, 6.45) is 10.8. The summed E-state index contributed by atoms with van der Waals surface area (Å²) in [6.45, 7) is 2.26. The monoisotopic (exact) mass is 287 g/mol. The molecule has 1 N–H and O–H groups in total. The second kappa shape index (κ2) is 6.78. The van der Waals surface area contributed by atoms with E-state index in [0.717, 1.165) is 30.2 Å². The lowest BCUT2D eigenvalue weighted by molar-refractivity contribution is 0.0283. The largest absolute Gasteiger partial charge is 0.454 e. The third-order valence-corrected chi connectivity index (χ3v) is 3.84. The highest BCUT2D eigenvalue weighted by molar-refractivity contribution is 5.57. The summed E-state index contributed by atoms with van der Waals surface area (Å²) in [7, 11) is 0. The third-order valence-electron chi connectivity index (χ3n) is 3.84. The lowest BCUT2D eigenvalue weighted by Crippen LogP contribution is -2.37. The summed E-state index contributed by atoms with van der Waals surface area (Å²) < 4.78 is 10.6. The molecule has 0 saturated carbocycles. The van der Waals surface area contributed by atoms with Crippen molar-refractivity contribution in [3.05, 3.63) is 42.0 Å². The molecule has 0 amide bonds. The van der Waals surface area contributed by atoms with Crippen LogP contribution in [0, 0.1) is 0 Å². The molecule has 2 aliphatic rings. The summed E-state index contributed by atoms with van der Waals surface area (Å²) in [5.74, 6) is 1.58. The standard InChI is InChI=1S/C17H21NO3/c19-17(18-10-4-1-5-11-18)7-3-2-6-14-8-9-15-16(12-14)21-13-20-15/h2-3,6-9,12,17,19H,1,4-5,10-11,13H2/b6-2+,7-3+. The summed E-state index contributed by atoms with van der Waals surface area (Å²) in [5, 5.41) is 10.1. The maximum absolute atomic E-state index is 10.1. The van der Waals surface area contributed by atoms with Gasteiger partial charge in [0.2, 0.25) is 6.79 Å². The SMILES string of the molecule is OC(/C=C/C=C/c1ccc2c(c1)OCO2)N1CCCCC1. The number of aliphatic hydroxyl groups excluding tert-OH is 1. The van der Waals surface area contributed by atoms with Crippen molar-refractivity contribution in [3.8, 4) is 11.5 Å². The molecule has 1 unspecified atom stereocenters. The van der Waals surface area contributed by atoms with Crippen LogP contribution in [0.25, 0.3) is 6.08 Å². The van der Waals surface area contributed by atoms with Crippen molar-refractivity contribution < 1.29 is 14.6 Å². The number of hydrogen-bond donors (Lipinski definition) is 1. The first kappa shape index (κ1) is 14.2. The number of piperidine rings is 1. The molecule has 0 aliphatic carbocycles. The highest BCUT2D eigenvalue weighted by atomic mass is 16.7. The van der Waals surface area contributed by atoms with Crippen molar-refractivity contribution in [2.75, 3.05) is 19.9 Å². The van der Waals surface area contributed by atoms with Gasteiger partial charge in [-0.1, -0.05) is 30.7 Å². The zero-order valence-electron chi connectivity index (χ0n) is 12.1. The van der Waals surface area contributed by atoms with Crippen LogP contribution in [0.1, 0.15) is 24.8 Å². The van der Waals surface area contributed by atoms with E-state index in [-0.39, 0.29) is 0 Å². The number of hydrogen-bond acceptors (Lipinski definition) is 4. The van der Waals surface area contributed by atoms with Gasteiger partial charge in [-0.05, 0) is 36.6 Å². The average Bonchev–Trinajstić information content (AvgIpc) is 3.00. The summed E-state index contributed by atoms with van der Waals surface area (Å²) in [5.41, 5.74) is 1.05. The van der Waals surface area contributed by atoms with Gasteiger partial charge in [0, 0.05) is 13.1 Å². The van der Waals surface area contributed by atoms with Crippen LogP contribution < -0.4 is 9.47 Å². The number of benzene rings is 1.